The predicted molar refractivity (Wildman–Crippen MR) is 24.4 cm³/mol. The molecular formula is C3H3N3O2. The number of carbonyl (C=O) groups is 1. The summed E-state index contributed by atoms with van der Waals surface area (Å²) in [6.45, 7) is 0. The molecule has 0 saturated heterocycles. The van der Waals surface area contributed by atoms with Gasteiger partial charge in [0.05, 0.1) is 0 Å². The van der Waals surface area contributed by atoms with Gasteiger partial charge in [-0.2, -0.15) is 0 Å². The fourth-order valence-corrected chi connectivity index (χ4v) is 0.102. The Hall–Kier alpha value is -1.57. The third-order valence-electron chi connectivity index (χ3n) is 0.273. The first-order chi connectivity index (χ1) is 3.77. The Balaban J connectivity index is 3.38. The van der Waals surface area contributed by atoms with Crippen molar-refractivity contribution in [2.24, 2.45) is 10.9 Å². The molecule has 0 fully saturated rings. The molecule has 0 aliphatic heterocycles. The lowest BCUT2D eigenvalue weighted by molar-refractivity contribution is -0.111. The smallest absolute Gasteiger partial charge is 0.316 e. The Labute approximate surface area is 45.3 Å². The highest BCUT2D eigenvalue weighted by Crippen LogP contribution is 1.64. The number of hydrogen-bond acceptors (Lipinski definition) is 4. The van der Waals surface area contributed by atoms with Gasteiger partial charge in [0, 0.05) is 0 Å². The van der Waals surface area contributed by atoms with Crippen LogP contribution in [0.15, 0.2) is 5.16 Å². The number of hydrogen-bond donors (Lipinski definition) is 1. The first-order valence-corrected chi connectivity index (χ1v) is 1.65. The number of rotatable bonds is 2. The number of nitriles is 1. The van der Waals surface area contributed by atoms with Gasteiger partial charge < -0.3 is 5.73 Å². The largest absolute Gasteiger partial charge is 0.365 e. The van der Waals surface area contributed by atoms with Crippen molar-refractivity contribution in [1.82, 2.24) is 0 Å². The summed E-state index contributed by atoms with van der Waals surface area (Å²) in [4.78, 5) is 13.5. The van der Waals surface area contributed by atoms with Crippen LogP contribution in [0.1, 0.15) is 0 Å². The quantitative estimate of drug-likeness (QED) is 0.281. The monoisotopic (exact) mass is 113 g/mol. The fourth-order valence-electron chi connectivity index (χ4n) is 0.102. The molecule has 0 aliphatic rings. The SMILES string of the molecule is N#CON=CC(N)=O. The molecule has 0 aromatic heterocycles. The number of oxime groups is 1. The van der Waals surface area contributed by atoms with Crippen LogP contribution in [-0.2, 0) is 9.63 Å². The average Bonchev–Trinajstić information content (AvgIpc) is 1.66. The van der Waals surface area contributed by atoms with Crippen LogP contribution < -0.4 is 5.73 Å². The lowest BCUT2D eigenvalue weighted by atomic mass is 10.7. The van der Waals surface area contributed by atoms with Gasteiger partial charge in [0.1, 0.15) is 6.21 Å². The van der Waals surface area contributed by atoms with Crippen LogP contribution >= 0.6 is 0 Å². The zero-order valence-electron chi connectivity index (χ0n) is 3.87. The molecule has 8 heavy (non-hydrogen) atoms. The summed E-state index contributed by atoms with van der Waals surface area (Å²) in [6.07, 6.45) is 1.91. The summed E-state index contributed by atoms with van der Waals surface area (Å²) in [5.74, 6) is -0.750. The van der Waals surface area contributed by atoms with Gasteiger partial charge in [-0.15, -0.1) is 5.26 Å². The van der Waals surface area contributed by atoms with Crippen LogP contribution in [0, 0.1) is 11.5 Å². The van der Waals surface area contributed by atoms with Crippen LogP contribution in [0.25, 0.3) is 0 Å². The van der Waals surface area contributed by atoms with Crippen molar-refractivity contribution in [2.45, 2.75) is 0 Å². The number of nitrogens with two attached hydrogens (primary N) is 1. The van der Waals surface area contributed by atoms with Gasteiger partial charge in [-0.3, -0.25) is 9.63 Å². The molecule has 0 atom stereocenters. The third-order valence-corrected chi connectivity index (χ3v) is 0.273. The minimum atomic E-state index is -0.750. The maximum absolute atomic E-state index is 9.76. The van der Waals surface area contributed by atoms with Gasteiger partial charge in [0.15, 0.2) is 0 Å². The van der Waals surface area contributed by atoms with Crippen molar-refractivity contribution in [3.63, 3.8) is 0 Å². The van der Waals surface area contributed by atoms with E-state index in [0.29, 0.717) is 6.21 Å². The Morgan fingerprint density at radius 2 is 2.62 bits per heavy atom. The van der Waals surface area contributed by atoms with Crippen molar-refractivity contribution in [3.8, 4) is 6.26 Å². The average molecular weight is 113 g/mol. The van der Waals surface area contributed by atoms with Crippen molar-refractivity contribution >= 4 is 12.1 Å². The molecule has 5 nitrogen and oxygen atoms in total. The number of nitrogens with zero attached hydrogens (tertiary/aromatic N) is 2. The van der Waals surface area contributed by atoms with Gasteiger partial charge in [0.2, 0.25) is 0 Å². The highest BCUT2D eigenvalue weighted by Gasteiger charge is 1.80. The Morgan fingerprint density at radius 3 is 3.00 bits per heavy atom. The van der Waals surface area contributed by atoms with Gasteiger partial charge in [-0.25, -0.2) is 0 Å². The predicted octanol–water partition coefficient (Wildman–Crippen LogP) is -1.04. The van der Waals surface area contributed by atoms with Crippen molar-refractivity contribution in [3.05, 3.63) is 0 Å². The molecule has 42 valence electrons. The van der Waals surface area contributed by atoms with Crippen LogP contribution in [0.2, 0.25) is 0 Å². The minimum Gasteiger partial charge on any atom is -0.365 e. The molecular weight excluding hydrogens is 110 g/mol. The molecule has 0 saturated carbocycles. The summed E-state index contributed by atoms with van der Waals surface area (Å²) in [5.41, 5.74) is 4.56. The maximum Gasteiger partial charge on any atom is 0.316 e. The Kier molecular flexibility index (Phi) is 2.90. The maximum atomic E-state index is 9.76. The van der Waals surface area contributed by atoms with E-state index in [1.54, 1.807) is 0 Å². The molecule has 1 amide bonds. The molecule has 0 aromatic rings. The summed E-state index contributed by atoms with van der Waals surface area (Å²) < 4.78 is 0. The molecule has 0 unspecified atom stereocenters. The first-order valence-electron chi connectivity index (χ1n) is 1.65. The molecule has 2 N–H and O–H groups in total. The molecule has 0 bridgehead atoms. The lowest BCUT2D eigenvalue weighted by Crippen LogP contribution is -2.11. The van der Waals surface area contributed by atoms with Gasteiger partial charge in [-0.05, 0) is 0 Å². The minimum absolute atomic E-state index is 0.698. The van der Waals surface area contributed by atoms with E-state index in [0.717, 1.165) is 0 Å². The van der Waals surface area contributed by atoms with Crippen molar-refractivity contribution in [2.75, 3.05) is 0 Å². The van der Waals surface area contributed by atoms with E-state index in [4.69, 9.17) is 5.26 Å². The number of primary amides is 1. The molecule has 0 aromatic carbocycles. The second-order valence-corrected chi connectivity index (χ2v) is 0.819. The number of amides is 1. The fraction of sp³-hybridized carbons (Fsp3) is 0. The zero-order chi connectivity index (χ0) is 6.41. The van der Waals surface area contributed by atoms with E-state index in [1.165, 1.54) is 6.26 Å². The van der Waals surface area contributed by atoms with E-state index in [1.807, 2.05) is 0 Å². The summed E-state index contributed by atoms with van der Waals surface area (Å²) in [6, 6.07) is 0. The van der Waals surface area contributed by atoms with E-state index < -0.39 is 5.91 Å². The molecule has 0 radical (unpaired) electrons. The van der Waals surface area contributed by atoms with Gasteiger partial charge >= 0.3 is 6.26 Å². The zero-order valence-corrected chi connectivity index (χ0v) is 3.87. The van der Waals surface area contributed by atoms with Gasteiger partial charge in [-0.1, -0.05) is 5.16 Å². The Morgan fingerprint density at radius 1 is 2.00 bits per heavy atom. The van der Waals surface area contributed by atoms with E-state index in [2.05, 4.69) is 15.7 Å². The summed E-state index contributed by atoms with van der Waals surface area (Å²) >= 11 is 0. The van der Waals surface area contributed by atoms with Crippen LogP contribution in [0.3, 0.4) is 0 Å². The molecule has 0 spiro atoms. The molecule has 0 heterocycles. The second-order valence-electron chi connectivity index (χ2n) is 0.819. The van der Waals surface area contributed by atoms with Crippen LogP contribution in [-0.4, -0.2) is 12.1 Å². The normalized spacial score (nSPS) is 8.38. The third kappa shape index (κ3) is 4.43. The summed E-state index contributed by atoms with van der Waals surface area (Å²) in [5, 5.41) is 10.5. The molecule has 0 aliphatic carbocycles. The topological polar surface area (TPSA) is 88.5 Å². The number of carbonyl (C=O) groups excluding carboxylic acids is 1. The van der Waals surface area contributed by atoms with E-state index in [9.17, 15) is 4.79 Å². The summed E-state index contributed by atoms with van der Waals surface area (Å²) in [7, 11) is 0. The van der Waals surface area contributed by atoms with Crippen LogP contribution in [0.4, 0.5) is 0 Å². The van der Waals surface area contributed by atoms with Crippen LogP contribution in [0.5, 0.6) is 0 Å². The lowest BCUT2D eigenvalue weighted by Gasteiger charge is -1.75. The standard InChI is InChI=1S/C3H3N3O2/c4-2-8-6-1-3(5)7/h1H,(H2,5,7). The molecule has 0 rings (SSSR count). The Bertz CT molecular complexity index is 145. The highest BCUT2D eigenvalue weighted by molar-refractivity contribution is 6.25. The highest BCUT2D eigenvalue weighted by atomic mass is 16.6. The van der Waals surface area contributed by atoms with Gasteiger partial charge in [0.25, 0.3) is 5.91 Å². The molecule has 5 heteroatoms. The van der Waals surface area contributed by atoms with Crippen molar-refractivity contribution < 1.29 is 9.63 Å². The van der Waals surface area contributed by atoms with E-state index >= 15 is 0 Å². The second kappa shape index (κ2) is 3.61. The van der Waals surface area contributed by atoms with E-state index in [-0.39, 0.29) is 0 Å². The first kappa shape index (κ1) is 6.43. The van der Waals surface area contributed by atoms with Crippen molar-refractivity contribution in [1.29, 1.82) is 5.26 Å².